The normalized spacial score (nSPS) is 9.86. The second-order valence-electron chi connectivity index (χ2n) is 2.80. The van der Waals surface area contributed by atoms with Gasteiger partial charge in [-0.3, -0.25) is 5.41 Å². The van der Waals surface area contributed by atoms with Gasteiger partial charge in [0.15, 0.2) is 4.80 Å². The van der Waals surface area contributed by atoms with Crippen molar-refractivity contribution < 1.29 is 4.74 Å². The van der Waals surface area contributed by atoms with E-state index in [0.717, 1.165) is 16.0 Å². The van der Waals surface area contributed by atoms with E-state index in [1.807, 2.05) is 29.8 Å². The van der Waals surface area contributed by atoms with E-state index in [9.17, 15) is 0 Å². The molecule has 1 heterocycles. The number of aromatic nitrogens is 1. The minimum absolute atomic E-state index is 0. The monoisotopic (exact) mass is 322 g/mol. The van der Waals surface area contributed by atoms with Gasteiger partial charge < -0.3 is 9.30 Å². The summed E-state index contributed by atoms with van der Waals surface area (Å²) in [4.78, 5) is 0.559. The van der Waals surface area contributed by atoms with E-state index in [2.05, 4.69) is 0 Å². The summed E-state index contributed by atoms with van der Waals surface area (Å²) < 4.78 is 8.06. The molecule has 1 aromatic carbocycles. The molecule has 3 nitrogen and oxygen atoms in total. The van der Waals surface area contributed by atoms with E-state index in [4.69, 9.17) is 10.1 Å². The summed E-state index contributed by atoms with van der Waals surface area (Å²) >= 11 is 1.46. The molecule has 14 heavy (non-hydrogen) atoms. The molecule has 0 saturated heterocycles. The summed E-state index contributed by atoms with van der Waals surface area (Å²) in [6.45, 7) is 0. The average molecular weight is 322 g/mol. The predicted octanol–water partition coefficient (Wildman–Crippen LogP) is 2.35. The third-order valence-electron chi connectivity index (χ3n) is 2.04. The van der Waals surface area contributed by atoms with E-state index in [0.29, 0.717) is 4.80 Å². The number of fused-ring (bicyclic) bond motifs is 1. The maximum atomic E-state index is 7.62. The van der Waals surface area contributed by atoms with Crippen molar-refractivity contribution in [3.05, 3.63) is 23.0 Å². The Balaban J connectivity index is 0.000000980. The molecule has 0 unspecified atom stereocenters. The third kappa shape index (κ3) is 1.78. The first-order chi connectivity index (χ1) is 6.22. The van der Waals surface area contributed by atoms with Crippen LogP contribution in [0.5, 0.6) is 5.75 Å². The van der Waals surface area contributed by atoms with Crippen LogP contribution in [0.1, 0.15) is 0 Å². The van der Waals surface area contributed by atoms with E-state index in [1.165, 1.54) is 11.3 Å². The van der Waals surface area contributed by atoms with Gasteiger partial charge in [-0.05, 0) is 18.2 Å². The molecule has 0 aliphatic heterocycles. The lowest BCUT2D eigenvalue weighted by Crippen LogP contribution is -2.06. The van der Waals surface area contributed by atoms with Crippen LogP contribution in [0, 0.1) is 5.41 Å². The van der Waals surface area contributed by atoms with Crippen LogP contribution in [0.4, 0.5) is 0 Å². The largest absolute Gasteiger partial charge is 0.497 e. The van der Waals surface area contributed by atoms with Crippen LogP contribution in [-0.4, -0.2) is 11.7 Å². The zero-order chi connectivity index (χ0) is 9.42. The predicted molar refractivity (Wildman–Crippen MR) is 68.6 cm³/mol. The Morgan fingerprint density at radius 1 is 1.43 bits per heavy atom. The number of hydrogen-bond acceptors (Lipinski definition) is 3. The van der Waals surface area contributed by atoms with Gasteiger partial charge in [-0.2, -0.15) is 0 Å². The summed E-state index contributed by atoms with van der Waals surface area (Å²) in [5.74, 6) is 0.842. The van der Waals surface area contributed by atoms with Crippen LogP contribution in [-0.2, 0) is 7.05 Å². The van der Waals surface area contributed by atoms with Gasteiger partial charge >= 0.3 is 0 Å². The number of nitrogens with one attached hydrogen (secondary N) is 1. The van der Waals surface area contributed by atoms with Gasteiger partial charge in [-0.25, -0.2) is 0 Å². The maximum Gasteiger partial charge on any atom is 0.182 e. The second kappa shape index (κ2) is 4.31. The van der Waals surface area contributed by atoms with Crippen molar-refractivity contribution in [3.8, 4) is 5.75 Å². The average Bonchev–Trinajstić information content (AvgIpc) is 2.42. The van der Waals surface area contributed by atoms with Gasteiger partial charge in [-0.1, -0.05) is 11.3 Å². The van der Waals surface area contributed by atoms with E-state index in [-0.39, 0.29) is 24.0 Å². The molecule has 76 valence electrons. The summed E-state index contributed by atoms with van der Waals surface area (Å²) in [6, 6.07) is 5.84. The first-order valence-corrected chi connectivity index (χ1v) is 4.72. The molecule has 0 aliphatic rings. The Morgan fingerprint density at radius 2 is 2.14 bits per heavy atom. The minimum Gasteiger partial charge on any atom is -0.497 e. The van der Waals surface area contributed by atoms with Crippen LogP contribution in [0.2, 0.25) is 0 Å². The molecule has 0 bridgehead atoms. The molecule has 2 aromatic rings. The van der Waals surface area contributed by atoms with Crippen LogP contribution < -0.4 is 9.54 Å². The number of halogens is 1. The van der Waals surface area contributed by atoms with Crippen molar-refractivity contribution in [3.63, 3.8) is 0 Å². The van der Waals surface area contributed by atoms with Crippen LogP contribution in [0.3, 0.4) is 0 Å². The van der Waals surface area contributed by atoms with Crippen molar-refractivity contribution in [2.24, 2.45) is 7.05 Å². The standard InChI is InChI=1S/C9H10N2OS.HI/c1-11-7-4-3-6(12-2)5-8(7)13-9(11)10;/h3-5,10H,1-2H3;1H. The smallest absolute Gasteiger partial charge is 0.182 e. The molecule has 0 fully saturated rings. The van der Waals surface area contributed by atoms with Gasteiger partial charge in [-0.15, -0.1) is 24.0 Å². The Bertz CT molecular complexity index is 503. The lowest BCUT2D eigenvalue weighted by atomic mass is 10.3. The number of nitrogens with zero attached hydrogens (tertiary/aromatic N) is 1. The molecular formula is C9H11IN2OS. The SMILES string of the molecule is COc1ccc2c(c1)sc(=N)n2C.I. The summed E-state index contributed by atoms with van der Waals surface area (Å²) in [5, 5.41) is 7.62. The van der Waals surface area contributed by atoms with Crippen molar-refractivity contribution >= 4 is 45.5 Å². The Hall–Kier alpha value is -0.560. The summed E-state index contributed by atoms with van der Waals surface area (Å²) in [6.07, 6.45) is 0. The Morgan fingerprint density at radius 3 is 2.79 bits per heavy atom. The highest BCUT2D eigenvalue weighted by atomic mass is 127. The molecule has 0 amide bonds. The first kappa shape index (κ1) is 11.5. The van der Waals surface area contributed by atoms with Gasteiger partial charge in [0.2, 0.25) is 0 Å². The van der Waals surface area contributed by atoms with Crippen molar-refractivity contribution in [2.75, 3.05) is 7.11 Å². The zero-order valence-electron chi connectivity index (χ0n) is 7.90. The van der Waals surface area contributed by atoms with Gasteiger partial charge in [0.25, 0.3) is 0 Å². The molecular weight excluding hydrogens is 311 g/mol. The molecule has 5 heteroatoms. The minimum atomic E-state index is 0. The number of methoxy groups -OCH3 is 1. The van der Waals surface area contributed by atoms with Crippen molar-refractivity contribution in [1.82, 2.24) is 4.57 Å². The molecule has 2 rings (SSSR count). The fourth-order valence-corrected chi connectivity index (χ4v) is 2.19. The molecule has 0 aliphatic carbocycles. The number of rotatable bonds is 1. The molecule has 0 radical (unpaired) electrons. The fraction of sp³-hybridized carbons (Fsp3) is 0.222. The van der Waals surface area contributed by atoms with E-state index >= 15 is 0 Å². The van der Waals surface area contributed by atoms with Crippen LogP contribution in [0.15, 0.2) is 18.2 Å². The number of ether oxygens (including phenoxy) is 1. The Kier molecular flexibility index (Phi) is 3.54. The van der Waals surface area contributed by atoms with Crippen molar-refractivity contribution in [1.29, 1.82) is 5.41 Å². The van der Waals surface area contributed by atoms with Gasteiger partial charge in [0.1, 0.15) is 5.75 Å². The lowest BCUT2D eigenvalue weighted by molar-refractivity contribution is 0.415. The summed E-state index contributed by atoms with van der Waals surface area (Å²) in [5.41, 5.74) is 1.08. The highest BCUT2D eigenvalue weighted by molar-refractivity contribution is 14.0. The molecule has 0 atom stereocenters. The summed E-state index contributed by atoms with van der Waals surface area (Å²) in [7, 11) is 3.55. The van der Waals surface area contributed by atoms with Gasteiger partial charge in [0.05, 0.1) is 17.3 Å². The van der Waals surface area contributed by atoms with Crippen LogP contribution >= 0.6 is 35.3 Å². The fourth-order valence-electron chi connectivity index (χ4n) is 1.26. The topological polar surface area (TPSA) is 38.0 Å². The molecule has 0 spiro atoms. The third-order valence-corrected chi connectivity index (χ3v) is 3.05. The van der Waals surface area contributed by atoms with Crippen LogP contribution in [0.25, 0.3) is 10.2 Å². The second-order valence-corrected chi connectivity index (χ2v) is 3.83. The quantitative estimate of drug-likeness (QED) is 0.804. The maximum absolute atomic E-state index is 7.62. The molecule has 1 N–H and O–H groups in total. The number of hydrogen-bond donors (Lipinski definition) is 1. The zero-order valence-corrected chi connectivity index (χ0v) is 11.1. The van der Waals surface area contributed by atoms with Crippen molar-refractivity contribution in [2.45, 2.75) is 0 Å². The highest BCUT2D eigenvalue weighted by Crippen LogP contribution is 2.21. The van der Waals surface area contributed by atoms with Gasteiger partial charge in [0, 0.05) is 7.05 Å². The molecule has 0 saturated carbocycles. The van der Waals surface area contributed by atoms with E-state index < -0.39 is 0 Å². The Labute approximate surface area is 103 Å². The van der Waals surface area contributed by atoms with E-state index in [1.54, 1.807) is 7.11 Å². The number of benzene rings is 1. The lowest BCUT2D eigenvalue weighted by Gasteiger charge is -1.98. The first-order valence-electron chi connectivity index (χ1n) is 3.90. The molecule has 1 aromatic heterocycles. The number of thiazole rings is 1. The highest BCUT2D eigenvalue weighted by Gasteiger charge is 2.02. The number of aryl methyl sites for hydroxylation is 1.